The van der Waals surface area contributed by atoms with Crippen LogP contribution in [0.3, 0.4) is 0 Å². The molecule has 104 valence electrons. The zero-order chi connectivity index (χ0) is 13.7. The molecule has 0 aromatic rings. The first kappa shape index (κ1) is 15.0. The molecule has 0 aromatic carbocycles. The first-order valence-corrected chi connectivity index (χ1v) is 6.66. The summed E-state index contributed by atoms with van der Waals surface area (Å²) in [6, 6.07) is 0.191. The molecule has 0 aromatic heterocycles. The van der Waals surface area contributed by atoms with E-state index in [1.165, 1.54) is 0 Å². The van der Waals surface area contributed by atoms with Gasteiger partial charge < -0.3 is 15.7 Å². The van der Waals surface area contributed by atoms with Crippen molar-refractivity contribution < 1.29 is 14.7 Å². The molecule has 1 aliphatic heterocycles. The SMILES string of the molecule is CC(N)CCCC(C)C(=O)N1CC(CC(=O)O)C1. The molecule has 2 unspecified atom stereocenters. The minimum atomic E-state index is -0.780. The van der Waals surface area contributed by atoms with E-state index in [4.69, 9.17) is 10.8 Å². The number of nitrogens with zero attached hydrogens (tertiary/aromatic N) is 1. The lowest BCUT2D eigenvalue weighted by Crippen LogP contribution is -2.52. The Morgan fingerprint density at radius 1 is 1.33 bits per heavy atom. The molecule has 2 atom stereocenters. The number of rotatable bonds is 7. The van der Waals surface area contributed by atoms with E-state index in [0.717, 1.165) is 19.3 Å². The molecule has 5 heteroatoms. The number of hydrogen-bond acceptors (Lipinski definition) is 3. The van der Waals surface area contributed by atoms with Crippen LogP contribution in [0.1, 0.15) is 39.5 Å². The summed E-state index contributed by atoms with van der Waals surface area (Å²) < 4.78 is 0. The second-order valence-corrected chi connectivity index (χ2v) is 5.52. The second-order valence-electron chi connectivity index (χ2n) is 5.52. The van der Waals surface area contributed by atoms with Crippen molar-refractivity contribution in [3.8, 4) is 0 Å². The van der Waals surface area contributed by atoms with E-state index < -0.39 is 5.97 Å². The third kappa shape index (κ3) is 4.64. The van der Waals surface area contributed by atoms with Crippen LogP contribution in [0.5, 0.6) is 0 Å². The van der Waals surface area contributed by atoms with Gasteiger partial charge in [0.25, 0.3) is 0 Å². The molecule has 1 saturated heterocycles. The van der Waals surface area contributed by atoms with E-state index >= 15 is 0 Å². The quantitative estimate of drug-likeness (QED) is 0.713. The maximum atomic E-state index is 12.0. The standard InChI is InChI=1S/C13H24N2O3/c1-9(4-3-5-10(2)14)13(18)15-7-11(8-15)6-12(16)17/h9-11H,3-8,14H2,1-2H3,(H,16,17). The average Bonchev–Trinajstić information content (AvgIpc) is 2.20. The topological polar surface area (TPSA) is 83.6 Å². The van der Waals surface area contributed by atoms with E-state index in [-0.39, 0.29) is 30.2 Å². The van der Waals surface area contributed by atoms with Gasteiger partial charge >= 0.3 is 5.97 Å². The molecular formula is C13H24N2O3. The Morgan fingerprint density at radius 3 is 2.44 bits per heavy atom. The van der Waals surface area contributed by atoms with Crippen LogP contribution in [-0.4, -0.2) is 41.0 Å². The van der Waals surface area contributed by atoms with Crippen LogP contribution < -0.4 is 5.73 Å². The van der Waals surface area contributed by atoms with Gasteiger partial charge in [-0.05, 0) is 19.8 Å². The molecule has 0 saturated carbocycles. The lowest BCUT2D eigenvalue weighted by molar-refractivity contribution is -0.147. The van der Waals surface area contributed by atoms with Gasteiger partial charge in [-0.2, -0.15) is 0 Å². The molecular weight excluding hydrogens is 232 g/mol. The van der Waals surface area contributed by atoms with Gasteiger partial charge in [0.2, 0.25) is 5.91 Å². The lowest BCUT2D eigenvalue weighted by atomic mass is 9.93. The molecule has 0 bridgehead atoms. The number of hydrogen-bond donors (Lipinski definition) is 2. The summed E-state index contributed by atoms with van der Waals surface area (Å²) in [5.74, 6) is -0.462. The summed E-state index contributed by atoms with van der Waals surface area (Å²) in [5.41, 5.74) is 5.67. The number of carbonyl (C=O) groups is 2. The summed E-state index contributed by atoms with van der Waals surface area (Å²) in [7, 11) is 0. The van der Waals surface area contributed by atoms with Crippen molar-refractivity contribution in [2.75, 3.05) is 13.1 Å². The minimum absolute atomic E-state index is 0.0227. The highest BCUT2D eigenvalue weighted by Gasteiger charge is 2.33. The van der Waals surface area contributed by atoms with Crippen molar-refractivity contribution in [1.82, 2.24) is 4.90 Å². The largest absolute Gasteiger partial charge is 0.481 e. The van der Waals surface area contributed by atoms with Gasteiger partial charge in [0.15, 0.2) is 0 Å². The van der Waals surface area contributed by atoms with E-state index in [1.807, 2.05) is 13.8 Å². The molecule has 0 radical (unpaired) electrons. The monoisotopic (exact) mass is 256 g/mol. The molecule has 1 amide bonds. The molecule has 0 spiro atoms. The van der Waals surface area contributed by atoms with Gasteiger partial charge in [-0.1, -0.05) is 13.3 Å². The number of aliphatic carboxylic acids is 1. The molecule has 1 aliphatic rings. The van der Waals surface area contributed by atoms with Gasteiger partial charge in [-0.15, -0.1) is 0 Å². The fourth-order valence-corrected chi connectivity index (χ4v) is 2.31. The zero-order valence-electron chi connectivity index (χ0n) is 11.3. The van der Waals surface area contributed by atoms with E-state index in [9.17, 15) is 9.59 Å². The fraction of sp³-hybridized carbons (Fsp3) is 0.846. The van der Waals surface area contributed by atoms with Crippen LogP contribution in [0.4, 0.5) is 0 Å². The highest BCUT2D eigenvalue weighted by Crippen LogP contribution is 2.22. The van der Waals surface area contributed by atoms with Crippen LogP contribution in [0.15, 0.2) is 0 Å². The lowest BCUT2D eigenvalue weighted by Gasteiger charge is -2.40. The summed E-state index contributed by atoms with van der Waals surface area (Å²) in [6.45, 7) is 5.11. The Balaban J connectivity index is 2.19. The van der Waals surface area contributed by atoms with Crippen LogP contribution in [0.2, 0.25) is 0 Å². The third-order valence-corrected chi connectivity index (χ3v) is 3.45. The van der Waals surface area contributed by atoms with Crippen molar-refractivity contribution in [3.63, 3.8) is 0 Å². The van der Waals surface area contributed by atoms with Gasteiger partial charge in [-0.3, -0.25) is 9.59 Å². The van der Waals surface area contributed by atoms with E-state index in [1.54, 1.807) is 4.90 Å². The van der Waals surface area contributed by atoms with Gasteiger partial charge in [0, 0.05) is 31.0 Å². The van der Waals surface area contributed by atoms with Crippen molar-refractivity contribution in [3.05, 3.63) is 0 Å². The van der Waals surface area contributed by atoms with E-state index in [2.05, 4.69) is 0 Å². The first-order chi connectivity index (χ1) is 8.40. The summed E-state index contributed by atoms with van der Waals surface area (Å²) in [6.07, 6.45) is 2.94. The number of carboxylic acids is 1. The number of nitrogens with two attached hydrogens (primary N) is 1. The van der Waals surface area contributed by atoms with Crippen LogP contribution >= 0.6 is 0 Å². The molecule has 1 heterocycles. The molecule has 1 rings (SSSR count). The Hall–Kier alpha value is -1.10. The Bertz CT molecular complexity index is 299. The molecule has 0 aliphatic carbocycles. The first-order valence-electron chi connectivity index (χ1n) is 6.66. The van der Waals surface area contributed by atoms with Crippen LogP contribution in [0.25, 0.3) is 0 Å². The highest BCUT2D eigenvalue weighted by atomic mass is 16.4. The average molecular weight is 256 g/mol. The zero-order valence-corrected chi connectivity index (χ0v) is 11.3. The van der Waals surface area contributed by atoms with Crippen LogP contribution in [-0.2, 0) is 9.59 Å². The summed E-state index contributed by atoms with van der Waals surface area (Å²) >= 11 is 0. The van der Waals surface area contributed by atoms with Gasteiger partial charge in [0.1, 0.15) is 0 Å². The molecule has 5 nitrogen and oxygen atoms in total. The van der Waals surface area contributed by atoms with Gasteiger partial charge in [0.05, 0.1) is 6.42 Å². The Labute approximate surface area is 108 Å². The highest BCUT2D eigenvalue weighted by molar-refractivity contribution is 5.79. The maximum Gasteiger partial charge on any atom is 0.303 e. The number of carbonyl (C=O) groups excluding carboxylic acids is 1. The van der Waals surface area contributed by atoms with Crippen LogP contribution in [0, 0.1) is 11.8 Å². The fourth-order valence-electron chi connectivity index (χ4n) is 2.31. The smallest absolute Gasteiger partial charge is 0.303 e. The predicted octanol–water partition coefficient (Wildman–Crippen LogP) is 1.07. The molecule has 3 N–H and O–H groups in total. The summed E-state index contributed by atoms with van der Waals surface area (Å²) in [4.78, 5) is 24.3. The molecule has 1 fully saturated rings. The van der Waals surface area contributed by atoms with Crippen molar-refractivity contribution in [1.29, 1.82) is 0 Å². The predicted molar refractivity (Wildman–Crippen MR) is 69.0 cm³/mol. The third-order valence-electron chi connectivity index (χ3n) is 3.45. The number of likely N-dealkylation sites (tertiary alicyclic amines) is 1. The van der Waals surface area contributed by atoms with Crippen molar-refractivity contribution >= 4 is 11.9 Å². The normalized spacial score (nSPS) is 19.2. The molecule has 18 heavy (non-hydrogen) atoms. The van der Waals surface area contributed by atoms with Gasteiger partial charge in [-0.25, -0.2) is 0 Å². The maximum absolute atomic E-state index is 12.0. The summed E-state index contributed by atoms with van der Waals surface area (Å²) in [5, 5.41) is 8.64. The van der Waals surface area contributed by atoms with Crippen molar-refractivity contribution in [2.24, 2.45) is 17.6 Å². The Kier molecular flexibility index (Phi) is 5.59. The number of carboxylic acid groups (broad SMARTS) is 1. The van der Waals surface area contributed by atoms with E-state index in [0.29, 0.717) is 13.1 Å². The number of amides is 1. The minimum Gasteiger partial charge on any atom is -0.481 e. The second kappa shape index (κ2) is 6.73. The Morgan fingerprint density at radius 2 is 1.94 bits per heavy atom. The van der Waals surface area contributed by atoms with Crippen molar-refractivity contribution in [2.45, 2.75) is 45.6 Å².